The third-order valence-corrected chi connectivity index (χ3v) is 3.77. The SMILES string of the molecule is CCCCN1CCCCCCCC(=O)CC1=S. The number of thiocarbonyl (C=S) groups is 1. The highest BCUT2D eigenvalue weighted by Crippen LogP contribution is 2.12. The van der Waals surface area contributed by atoms with Crippen molar-refractivity contribution in [2.45, 2.75) is 64.7 Å². The molecule has 98 valence electrons. The molecule has 0 aliphatic carbocycles. The van der Waals surface area contributed by atoms with E-state index in [4.69, 9.17) is 12.2 Å². The maximum absolute atomic E-state index is 11.7. The van der Waals surface area contributed by atoms with Crippen molar-refractivity contribution in [2.24, 2.45) is 0 Å². The largest absolute Gasteiger partial charge is 0.366 e. The quantitative estimate of drug-likeness (QED) is 0.717. The monoisotopic (exact) mass is 255 g/mol. The molecule has 0 saturated carbocycles. The first-order chi connectivity index (χ1) is 8.24. The lowest BCUT2D eigenvalue weighted by atomic mass is 10.1. The molecule has 0 aromatic rings. The molecule has 0 unspecified atom stereocenters. The molecular formula is C14H25NOS. The summed E-state index contributed by atoms with van der Waals surface area (Å²) < 4.78 is 0. The normalized spacial score (nSPS) is 20.2. The molecule has 2 nitrogen and oxygen atoms in total. The summed E-state index contributed by atoms with van der Waals surface area (Å²) in [5.41, 5.74) is 0. The summed E-state index contributed by atoms with van der Waals surface area (Å²) in [6.45, 7) is 4.27. The van der Waals surface area contributed by atoms with Crippen LogP contribution in [0.1, 0.15) is 64.7 Å². The molecule has 1 aliphatic rings. The van der Waals surface area contributed by atoms with Gasteiger partial charge in [-0.05, 0) is 19.3 Å². The molecule has 0 aromatic heterocycles. The Morgan fingerprint density at radius 1 is 1.18 bits per heavy atom. The van der Waals surface area contributed by atoms with Crippen molar-refractivity contribution in [2.75, 3.05) is 13.1 Å². The van der Waals surface area contributed by atoms with Crippen LogP contribution in [0.3, 0.4) is 0 Å². The fraction of sp³-hybridized carbons (Fsp3) is 0.857. The Morgan fingerprint density at radius 2 is 1.88 bits per heavy atom. The van der Waals surface area contributed by atoms with E-state index in [2.05, 4.69) is 11.8 Å². The maximum atomic E-state index is 11.7. The second kappa shape index (κ2) is 8.62. The first kappa shape index (κ1) is 14.6. The molecule has 0 spiro atoms. The number of hydrogen-bond acceptors (Lipinski definition) is 2. The van der Waals surface area contributed by atoms with Gasteiger partial charge in [-0.15, -0.1) is 0 Å². The molecule has 0 bridgehead atoms. The number of Topliss-reactive ketones (excluding diaryl/α,β-unsaturated/α-hetero) is 1. The van der Waals surface area contributed by atoms with Gasteiger partial charge < -0.3 is 4.90 Å². The Labute approximate surface area is 111 Å². The van der Waals surface area contributed by atoms with E-state index in [1.807, 2.05) is 0 Å². The number of hydrogen-bond donors (Lipinski definition) is 0. The highest BCUT2D eigenvalue weighted by atomic mass is 32.1. The van der Waals surface area contributed by atoms with Crippen LogP contribution in [0.4, 0.5) is 0 Å². The number of nitrogens with zero attached hydrogens (tertiary/aromatic N) is 1. The third kappa shape index (κ3) is 6.16. The topological polar surface area (TPSA) is 20.3 Å². The van der Waals surface area contributed by atoms with Crippen LogP contribution in [0, 0.1) is 0 Å². The Balaban J connectivity index is 2.51. The zero-order valence-corrected chi connectivity index (χ0v) is 11.9. The second-order valence-corrected chi connectivity index (χ2v) is 5.44. The van der Waals surface area contributed by atoms with Gasteiger partial charge in [0.25, 0.3) is 0 Å². The van der Waals surface area contributed by atoms with Crippen molar-refractivity contribution in [3.8, 4) is 0 Å². The molecule has 0 atom stereocenters. The lowest BCUT2D eigenvalue weighted by molar-refractivity contribution is -0.118. The number of rotatable bonds is 3. The van der Waals surface area contributed by atoms with Crippen LogP contribution in [0.15, 0.2) is 0 Å². The zero-order valence-electron chi connectivity index (χ0n) is 11.0. The summed E-state index contributed by atoms with van der Waals surface area (Å²) in [4.78, 5) is 14.9. The molecule has 1 heterocycles. The van der Waals surface area contributed by atoms with E-state index in [-0.39, 0.29) is 0 Å². The first-order valence-corrected chi connectivity index (χ1v) is 7.44. The van der Waals surface area contributed by atoms with Gasteiger partial charge in [-0.1, -0.05) is 44.8 Å². The standard InChI is InChI=1S/C14H25NOS/c1-2-3-10-15-11-8-6-4-5-7-9-13(16)12-14(15)17/h2-12H2,1H3. The fourth-order valence-corrected chi connectivity index (χ4v) is 2.58. The van der Waals surface area contributed by atoms with Crippen molar-refractivity contribution >= 4 is 23.0 Å². The van der Waals surface area contributed by atoms with Crippen LogP contribution >= 0.6 is 12.2 Å². The van der Waals surface area contributed by atoms with Gasteiger partial charge in [0.1, 0.15) is 5.78 Å². The predicted octanol–water partition coefficient (Wildman–Crippen LogP) is 3.73. The summed E-state index contributed by atoms with van der Waals surface area (Å²) in [7, 11) is 0. The highest BCUT2D eigenvalue weighted by molar-refractivity contribution is 7.80. The van der Waals surface area contributed by atoms with Crippen LogP contribution in [-0.4, -0.2) is 28.8 Å². The summed E-state index contributed by atoms with van der Waals surface area (Å²) in [5, 5.41) is 0. The second-order valence-electron chi connectivity index (χ2n) is 4.97. The van der Waals surface area contributed by atoms with Crippen LogP contribution in [0.2, 0.25) is 0 Å². The molecule has 0 radical (unpaired) electrons. The fourth-order valence-electron chi connectivity index (χ4n) is 2.23. The van der Waals surface area contributed by atoms with Gasteiger partial charge in [0.2, 0.25) is 0 Å². The lowest BCUT2D eigenvalue weighted by Gasteiger charge is -2.24. The molecule has 1 rings (SSSR count). The summed E-state index contributed by atoms with van der Waals surface area (Å²) in [6.07, 6.45) is 9.60. The van der Waals surface area contributed by atoms with Gasteiger partial charge >= 0.3 is 0 Å². The molecule has 17 heavy (non-hydrogen) atoms. The minimum absolute atomic E-state index is 0.332. The van der Waals surface area contributed by atoms with Crippen molar-refractivity contribution in [1.82, 2.24) is 4.90 Å². The highest BCUT2D eigenvalue weighted by Gasteiger charge is 2.14. The Hall–Kier alpha value is -0.440. The van der Waals surface area contributed by atoms with Crippen LogP contribution in [0.5, 0.6) is 0 Å². The Morgan fingerprint density at radius 3 is 2.65 bits per heavy atom. The van der Waals surface area contributed by atoms with Gasteiger partial charge in [-0.2, -0.15) is 0 Å². The summed E-state index contributed by atoms with van der Waals surface area (Å²) in [5.74, 6) is 0.332. The van der Waals surface area contributed by atoms with E-state index >= 15 is 0 Å². The van der Waals surface area contributed by atoms with E-state index < -0.39 is 0 Å². The maximum Gasteiger partial charge on any atom is 0.139 e. The Bertz CT molecular complexity index is 253. The van der Waals surface area contributed by atoms with Gasteiger partial charge in [0, 0.05) is 19.5 Å². The number of carbonyl (C=O) groups excluding carboxylic acids is 1. The first-order valence-electron chi connectivity index (χ1n) is 7.03. The van der Waals surface area contributed by atoms with Crippen LogP contribution < -0.4 is 0 Å². The third-order valence-electron chi connectivity index (χ3n) is 3.37. The smallest absolute Gasteiger partial charge is 0.139 e. The van der Waals surface area contributed by atoms with Gasteiger partial charge in [0.15, 0.2) is 0 Å². The lowest BCUT2D eigenvalue weighted by Crippen LogP contribution is -2.32. The van der Waals surface area contributed by atoms with Gasteiger partial charge in [0.05, 0.1) is 11.4 Å². The van der Waals surface area contributed by atoms with E-state index in [0.29, 0.717) is 12.2 Å². The molecule has 0 amide bonds. The van der Waals surface area contributed by atoms with E-state index in [0.717, 1.165) is 30.9 Å². The predicted molar refractivity (Wildman–Crippen MR) is 76.4 cm³/mol. The minimum atomic E-state index is 0.332. The van der Waals surface area contributed by atoms with Gasteiger partial charge in [-0.25, -0.2) is 0 Å². The van der Waals surface area contributed by atoms with E-state index in [1.54, 1.807) is 0 Å². The zero-order chi connectivity index (χ0) is 12.5. The number of ketones is 1. The molecule has 1 saturated heterocycles. The van der Waals surface area contributed by atoms with Gasteiger partial charge in [-0.3, -0.25) is 4.79 Å². The number of unbranched alkanes of at least 4 members (excludes halogenated alkanes) is 1. The molecular weight excluding hydrogens is 230 g/mol. The molecule has 1 aliphatic heterocycles. The van der Waals surface area contributed by atoms with Crippen LogP contribution in [0.25, 0.3) is 0 Å². The van der Waals surface area contributed by atoms with Crippen molar-refractivity contribution in [3.63, 3.8) is 0 Å². The molecule has 0 N–H and O–H groups in total. The van der Waals surface area contributed by atoms with Crippen LogP contribution in [-0.2, 0) is 4.79 Å². The average molecular weight is 255 g/mol. The summed E-state index contributed by atoms with van der Waals surface area (Å²) in [6, 6.07) is 0. The molecule has 3 heteroatoms. The molecule has 1 fully saturated rings. The average Bonchev–Trinajstić information content (AvgIpc) is 2.33. The minimum Gasteiger partial charge on any atom is -0.366 e. The number of carbonyl (C=O) groups is 1. The van der Waals surface area contributed by atoms with E-state index in [9.17, 15) is 4.79 Å². The summed E-state index contributed by atoms with van der Waals surface area (Å²) >= 11 is 5.42. The van der Waals surface area contributed by atoms with Crippen molar-refractivity contribution in [1.29, 1.82) is 0 Å². The van der Waals surface area contributed by atoms with Crippen molar-refractivity contribution < 1.29 is 4.79 Å². The molecule has 0 aromatic carbocycles. The van der Waals surface area contributed by atoms with Crippen molar-refractivity contribution in [3.05, 3.63) is 0 Å². The Kier molecular flexibility index (Phi) is 7.41. The van der Waals surface area contributed by atoms with E-state index in [1.165, 1.54) is 38.5 Å².